The first-order valence-electron chi connectivity index (χ1n) is 6.51. The zero-order chi connectivity index (χ0) is 13.1. The number of benzene rings is 1. The molecule has 1 atom stereocenters. The zero-order valence-corrected chi connectivity index (χ0v) is 12.2. The van der Waals surface area contributed by atoms with Crippen LogP contribution in [-0.2, 0) is 0 Å². The van der Waals surface area contributed by atoms with Gasteiger partial charge in [-0.1, -0.05) is 36.2 Å². The van der Waals surface area contributed by atoms with Gasteiger partial charge in [0.2, 0.25) is 0 Å². The van der Waals surface area contributed by atoms with E-state index in [9.17, 15) is 0 Å². The van der Waals surface area contributed by atoms with Crippen molar-refractivity contribution in [3.63, 3.8) is 0 Å². The second kappa shape index (κ2) is 6.25. The third-order valence-electron chi connectivity index (χ3n) is 3.80. The number of nitrogens with two attached hydrogens (primary N) is 1. The van der Waals surface area contributed by atoms with Crippen molar-refractivity contribution in [3.8, 4) is 0 Å². The average Bonchev–Trinajstić information content (AvgIpc) is 2.35. The summed E-state index contributed by atoms with van der Waals surface area (Å²) in [5.74, 6) is 0.820. The van der Waals surface area contributed by atoms with Crippen LogP contribution in [0, 0.1) is 5.92 Å². The molecule has 0 radical (unpaired) electrons. The van der Waals surface area contributed by atoms with Crippen molar-refractivity contribution in [3.05, 3.63) is 33.8 Å². The van der Waals surface area contributed by atoms with Crippen molar-refractivity contribution in [2.45, 2.75) is 25.8 Å². The second-order valence-electron chi connectivity index (χ2n) is 5.14. The lowest BCUT2D eigenvalue weighted by molar-refractivity contribution is 0.141. The van der Waals surface area contributed by atoms with Gasteiger partial charge in [0.15, 0.2) is 0 Å². The van der Waals surface area contributed by atoms with Crippen LogP contribution in [0.5, 0.6) is 0 Å². The summed E-state index contributed by atoms with van der Waals surface area (Å²) < 4.78 is 0. The topological polar surface area (TPSA) is 29.3 Å². The van der Waals surface area contributed by atoms with Gasteiger partial charge in [-0.15, -0.1) is 0 Å². The second-order valence-corrected chi connectivity index (χ2v) is 5.98. The molecule has 0 aromatic heterocycles. The molecule has 1 saturated heterocycles. The van der Waals surface area contributed by atoms with E-state index in [-0.39, 0.29) is 6.04 Å². The molecular formula is C14H20Cl2N2. The van der Waals surface area contributed by atoms with Crippen molar-refractivity contribution in [1.82, 2.24) is 4.90 Å². The lowest BCUT2D eigenvalue weighted by atomic mass is 9.96. The van der Waals surface area contributed by atoms with E-state index >= 15 is 0 Å². The Bertz CT molecular complexity index is 401. The summed E-state index contributed by atoms with van der Waals surface area (Å²) in [5, 5.41) is 1.39. The van der Waals surface area contributed by atoms with Gasteiger partial charge in [-0.2, -0.15) is 0 Å². The molecule has 1 aromatic carbocycles. The molecule has 0 spiro atoms. The van der Waals surface area contributed by atoms with E-state index in [1.54, 1.807) is 6.07 Å². The van der Waals surface area contributed by atoms with Crippen molar-refractivity contribution in [2.24, 2.45) is 11.7 Å². The van der Waals surface area contributed by atoms with Crippen LogP contribution in [0.15, 0.2) is 18.2 Å². The molecule has 1 aliphatic heterocycles. The summed E-state index contributed by atoms with van der Waals surface area (Å²) in [7, 11) is 0. The molecule has 2 rings (SSSR count). The molecule has 2 nitrogen and oxygen atoms in total. The van der Waals surface area contributed by atoms with E-state index in [0.29, 0.717) is 11.6 Å². The third-order valence-corrected chi connectivity index (χ3v) is 4.37. The molecule has 0 unspecified atom stereocenters. The molecule has 2 N–H and O–H groups in total. The molecule has 100 valence electrons. The molecule has 1 fully saturated rings. The Labute approximate surface area is 119 Å². The number of likely N-dealkylation sites (tertiary alicyclic amines) is 1. The first kappa shape index (κ1) is 14.1. The third kappa shape index (κ3) is 3.18. The average molecular weight is 287 g/mol. The van der Waals surface area contributed by atoms with Crippen LogP contribution in [0.25, 0.3) is 0 Å². The maximum Gasteiger partial charge on any atom is 0.0485 e. The van der Waals surface area contributed by atoms with Crippen LogP contribution in [0.3, 0.4) is 0 Å². The number of halogens is 2. The fraction of sp³-hybridized carbons (Fsp3) is 0.571. The molecular weight excluding hydrogens is 267 g/mol. The van der Waals surface area contributed by atoms with Gasteiger partial charge >= 0.3 is 0 Å². The fourth-order valence-corrected chi connectivity index (χ4v) is 3.12. The normalized spacial score (nSPS) is 20.0. The van der Waals surface area contributed by atoms with Gasteiger partial charge in [0.25, 0.3) is 0 Å². The minimum Gasteiger partial charge on any atom is -0.329 e. The highest BCUT2D eigenvalue weighted by atomic mass is 35.5. The minimum absolute atomic E-state index is 0.210. The Hall–Kier alpha value is -0.280. The maximum absolute atomic E-state index is 6.28. The highest BCUT2D eigenvalue weighted by molar-refractivity contribution is 6.35. The summed E-state index contributed by atoms with van der Waals surface area (Å²) in [6, 6.07) is 5.90. The number of hydrogen-bond donors (Lipinski definition) is 1. The molecule has 0 saturated carbocycles. The quantitative estimate of drug-likeness (QED) is 0.918. The molecule has 1 heterocycles. The molecule has 0 aliphatic carbocycles. The number of rotatable bonds is 3. The Morgan fingerprint density at radius 2 is 2.00 bits per heavy atom. The highest BCUT2D eigenvalue weighted by Gasteiger charge is 2.24. The Morgan fingerprint density at radius 1 is 1.33 bits per heavy atom. The smallest absolute Gasteiger partial charge is 0.0485 e. The molecule has 0 amide bonds. The Kier molecular flexibility index (Phi) is 4.91. The summed E-state index contributed by atoms with van der Waals surface area (Å²) >= 11 is 12.2. The summed E-state index contributed by atoms with van der Waals surface area (Å²) in [6.45, 7) is 5.10. The van der Waals surface area contributed by atoms with E-state index in [0.717, 1.165) is 29.6 Å². The number of nitrogens with zero attached hydrogens (tertiary/aromatic N) is 1. The van der Waals surface area contributed by atoms with Crippen molar-refractivity contribution in [2.75, 3.05) is 19.6 Å². The zero-order valence-electron chi connectivity index (χ0n) is 10.7. The van der Waals surface area contributed by atoms with Crippen LogP contribution < -0.4 is 5.73 Å². The van der Waals surface area contributed by atoms with Crippen LogP contribution >= 0.6 is 23.2 Å². The monoisotopic (exact) mass is 286 g/mol. The number of hydrogen-bond acceptors (Lipinski definition) is 2. The van der Waals surface area contributed by atoms with E-state index in [1.807, 2.05) is 12.1 Å². The SMILES string of the molecule is CC1CCN([C@@H](CN)c2ccc(Cl)cc2Cl)CC1. The van der Waals surface area contributed by atoms with Crippen LogP contribution in [0.4, 0.5) is 0 Å². The van der Waals surface area contributed by atoms with Gasteiger partial charge in [-0.3, -0.25) is 4.90 Å². The lowest BCUT2D eigenvalue weighted by Crippen LogP contribution is -2.39. The molecule has 1 aromatic rings. The predicted molar refractivity (Wildman–Crippen MR) is 78.2 cm³/mol. The molecule has 18 heavy (non-hydrogen) atoms. The van der Waals surface area contributed by atoms with Gasteiger partial charge in [0, 0.05) is 22.6 Å². The minimum atomic E-state index is 0.210. The van der Waals surface area contributed by atoms with E-state index in [1.165, 1.54) is 12.8 Å². The predicted octanol–water partition coefficient (Wildman–Crippen LogP) is 3.73. The van der Waals surface area contributed by atoms with Gasteiger partial charge in [0.1, 0.15) is 0 Å². The molecule has 0 bridgehead atoms. The van der Waals surface area contributed by atoms with Gasteiger partial charge in [0.05, 0.1) is 0 Å². The Morgan fingerprint density at radius 3 is 2.56 bits per heavy atom. The van der Waals surface area contributed by atoms with Crippen molar-refractivity contribution >= 4 is 23.2 Å². The van der Waals surface area contributed by atoms with Crippen molar-refractivity contribution < 1.29 is 0 Å². The first-order valence-corrected chi connectivity index (χ1v) is 7.26. The first-order chi connectivity index (χ1) is 8.61. The Balaban J connectivity index is 2.17. The van der Waals surface area contributed by atoms with Crippen LogP contribution in [0.1, 0.15) is 31.4 Å². The van der Waals surface area contributed by atoms with E-state index < -0.39 is 0 Å². The summed E-state index contributed by atoms with van der Waals surface area (Å²) in [6.07, 6.45) is 2.48. The highest BCUT2D eigenvalue weighted by Crippen LogP contribution is 2.31. The van der Waals surface area contributed by atoms with E-state index in [2.05, 4.69) is 11.8 Å². The number of piperidine rings is 1. The standard InChI is InChI=1S/C14H20Cl2N2/c1-10-4-6-18(7-5-10)14(9-17)12-3-2-11(15)8-13(12)16/h2-3,8,10,14H,4-7,9,17H2,1H3/t14-/m0/s1. The van der Waals surface area contributed by atoms with Crippen molar-refractivity contribution in [1.29, 1.82) is 0 Å². The van der Waals surface area contributed by atoms with Crippen LogP contribution in [0.2, 0.25) is 10.0 Å². The van der Waals surface area contributed by atoms with Gasteiger partial charge < -0.3 is 5.73 Å². The summed E-state index contributed by atoms with van der Waals surface area (Å²) in [5.41, 5.74) is 7.04. The van der Waals surface area contributed by atoms with Crippen LogP contribution in [-0.4, -0.2) is 24.5 Å². The van der Waals surface area contributed by atoms with Gasteiger partial charge in [-0.25, -0.2) is 0 Å². The maximum atomic E-state index is 6.28. The molecule has 1 aliphatic rings. The van der Waals surface area contributed by atoms with E-state index in [4.69, 9.17) is 28.9 Å². The fourth-order valence-electron chi connectivity index (χ4n) is 2.58. The largest absolute Gasteiger partial charge is 0.329 e. The summed E-state index contributed by atoms with van der Waals surface area (Å²) in [4.78, 5) is 2.44. The molecule has 4 heteroatoms. The lowest BCUT2D eigenvalue weighted by Gasteiger charge is -2.36. The van der Waals surface area contributed by atoms with Gasteiger partial charge in [-0.05, 0) is 49.5 Å².